The van der Waals surface area contributed by atoms with Crippen LogP contribution in [0.5, 0.6) is 0 Å². The van der Waals surface area contributed by atoms with E-state index in [1.807, 2.05) is 20.0 Å². The molecule has 2 saturated carbocycles. The van der Waals surface area contributed by atoms with Gasteiger partial charge < -0.3 is 24.3 Å². The number of anilines is 2. The van der Waals surface area contributed by atoms with Crippen LogP contribution in [0.25, 0.3) is 33.9 Å². The average Bonchev–Trinajstić information content (AvgIpc) is 3.75. The molecule has 0 amide bonds. The number of carbonyl (C=O) groups excluding carboxylic acids is 1. The molecule has 0 unspecified atom stereocenters. The summed E-state index contributed by atoms with van der Waals surface area (Å²) in [5, 5.41) is 0. The number of hydrogen-bond donors (Lipinski definition) is 1. The summed E-state index contributed by atoms with van der Waals surface area (Å²) in [6, 6.07) is 4.90. The quantitative estimate of drug-likeness (QED) is 0.152. The van der Waals surface area contributed by atoms with E-state index in [1.54, 1.807) is 25.6 Å². The fraction of sp³-hybridized carbons (Fsp3) is 0.579. The maximum atomic E-state index is 14.1. The van der Waals surface area contributed by atoms with Crippen molar-refractivity contribution in [2.45, 2.75) is 76.9 Å². The molecule has 0 radical (unpaired) electrons. The van der Waals surface area contributed by atoms with Crippen LogP contribution in [-0.2, 0) is 20.4 Å². The zero-order valence-corrected chi connectivity index (χ0v) is 30.9. The number of imidazole rings is 1. The minimum absolute atomic E-state index is 0.0279. The van der Waals surface area contributed by atoms with Gasteiger partial charge in [-0.2, -0.15) is 13.2 Å². The number of aromatic amines is 1. The molecule has 284 valence electrons. The van der Waals surface area contributed by atoms with E-state index in [0.29, 0.717) is 72.4 Å². The van der Waals surface area contributed by atoms with E-state index in [9.17, 15) is 18.0 Å². The van der Waals surface area contributed by atoms with Crippen molar-refractivity contribution in [3.63, 3.8) is 0 Å². The van der Waals surface area contributed by atoms with Crippen LogP contribution in [0.2, 0.25) is 0 Å². The zero-order chi connectivity index (χ0) is 37.3. The predicted octanol–water partition coefficient (Wildman–Crippen LogP) is 6.48. The van der Waals surface area contributed by atoms with Crippen molar-refractivity contribution < 1.29 is 27.4 Å². The van der Waals surface area contributed by atoms with E-state index in [4.69, 9.17) is 29.4 Å². The number of H-pyrrole nitrogens is 1. The van der Waals surface area contributed by atoms with Crippen LogP contribution >= 0.6 is 0 Å². The van der Waals surface area contributed by atoms with Crippen LogP contribution in [0.4, 0.5) is 24.7 Å². The van der Waals surface area contributed by atoms with Crippen LogP contribution in [0.3, 0.4) is 0 Å². The Hall–Kier alpha value is -4.37. The second kappa shape index (κ2) is 15.2. The summed E-state index contributed by atoms with van der Waals surface area (Å²) >= 11 is 0. The van der Waals surface area contributed by atoms with Gasteiger partial charge in [-0.05, 0) is 57.7 Å². The van der Waals surface area contributed by atoms with Crippen molar-refractivity contribution in [1.29, 1.82) is 0 Å². The fourth-order valence-electron chi connectivity index (χ4n) is 7.95. The lowest BCUT2D eigenvalue weighted by atomic mass is 9.86. The summed E-state index contributed by atoms with van der Waals surface area (Å²) in [5.41, 5.74) is 2.61. The van der Waals surface area contributed by atoms with Crippen molar-refractivity contribution in [3.05, 3.63) is 42.0 Å². The molecule has 3 aliphatic rings. The number of halogens is 3. The van der Waals surface area contributed by atoms with Crippen LogP contribution in [0.15, 0.2) is 30.6 Å². The standard InChI is InChI=1S/C38H48F3N9O3/c1-5-53-33(51)10-13-49-14-15-50(21-24(49)2)32-20-42-29(19-43-32)35-46-34-30(48(3)22-37(23-52-4)11-6-7-12-37)18-28(45-36(34)47-35)26-16-27(25-8-9-25)44-31(17-26)38(39,40)41/h16-20,24-25H,5-15,21-23H2,1-4H3,(H,45,46,47)/t24-/m1/s1. The summed E-state index contributed by atoms with van der Waals surface area (Å²) in [4.78, 5) is 45.0. The SMILES string of the molecule is CCOC(=O)CCN1CCN(c2cnc(-c3nc4nc(-c5cc(C6CC6)nc(C(F)(F)F)c5)cc(N(C)CC5(COC)CCCC5)c4[nH]3)cn2)C[C@H]1C. The van der Waals surface area contributed by atoms with Gasteiger partial charge in [0.25, 0.3) is 0 Å². The van der Waals surface area contributed by atoms with E-state index < -0.39 is 11.9 Å². The smallest absolute Gasteiger partial charge is 0.433 e. The molecule has 1 atom stereocenters. The van der Waals surface area contributed by atoms with Crippen molar-refractivity contribution in [2.24, 2.45) is 5.41 Å². The summed E-state index contributed by atoms with van der Waals surface area (Å²) in [7, 11) is 3.73. The number of methoxy groups -OCH3 is 1. The molecule has 0 bridgehead atoms. The van der Waals surface area contributed by atoms with Crippen LogP contribution in [0.1, 0.15) is 76.1 Å². The molecule has 0 aromatic carbocycles. The van der Waals surface area contributed by atoms with Gasteiger partial charge in [0.1, 0.15) is 22.7 Å². The molecule has 7 rings (SSSR count). The number of nitrogens with zero attached hydrogens (tertiary/aromatic N) is 8. The number of nitrogens with one attached hydrogen (secondary N) is 1. The Balaban J connectivity index is 1.19. The monoisotopic (exact) mass is 735 g/mol. The Labute approximate surface area is 307 Å². The van der Waals surface area contributed by atoms with E-state index in [-0.39, 0.29) is 23.3 Å². The molecule has 1 N–H and O–H groups in total. The fourth-order valence-corrected chi connectivity index (χ4v) is 7.95. The number of carbonyl (C=O) groups is 1. The van der Waals surface area contributed by atoms with Gasteiger partial charge in [0, 0.05) is 75.5 Å². The minimum atomic E-state index is -4.58. The van der Waals surface area contributed by atoms with Crippen molar-refractivity contribution >= 4 is 28.6 Å². The number of alkyl halides is 3. The third kappa shape index (κ3) is 8.25. The summed E-state index contributed by atoms with van der Waals surface area (Å²) in [6.45, 7) is 8.57. The van der Waals surface area contributed by atoms with Crippen LogP contribution < -0.4 is 9.80 Å². The number of rotatable bonds is 13. The second-order valence-corrected chi connectivity index (χ2v) is 14.9. The highest BCUT2D eigenvalue weighted by molar-refractivity contribution is 5.91. The highest BCUT2D eigenvalue weighted by Gasteiger charge is 2.37. The lowest BCUT2D eigenvalue weighted by Gasteiger charge is -2.40. The molecular formula is C38H48F3N9O3. The average molecular weight is 736 g/mol. The van der Waals surface area contributed by atoms with E-state index >= 15 is 0 Å². The number of ether oxygens (including phenoxy) is 2. The Morgan fingerprint density at radius 1 is 1.06 bits per heavy atom. The second-order valence-electron chi connectivity index (χ2n) is 14.9. The summed E-state index contributed by atoms with van der Waals surface area (Å²) in [6.07, 6.45) is 5.17. The number of aromatic nitrogens is 6. The Morgan fingerprint density at radius 2 is 1.85 bits per heavy atom. The predicted molar refractivity (Wildman–Crippen MR) is 196 cm³/mol. The number of esters is 1. The Morgan fingerprint density at radius 3 is 2.51 bits per heavy atom. The molecule has 1 aliphatic heterocycles. The molecule has 0 spiro atoms. The highest BCUT2D eigenvalue weighted by atomic mass is 19.4. The van der Waals surface area contributed by atoms with E-state index in [2.05, 4.69) is 31.6 Å². The Bertz CT molecular complexity index is 1910. The molecule has 4 aromatic heterocycles. The first kappa shape index (κ1) is 37.0. The van der Waals surface area contributed by atoms with Gasteiger partial charge in [0.05, 0.1) is 43.4 Å². The molecule has 2 aliphatic carbocycles. The van der Waals surface area contributed by atoms with Gasteiger partial charge in [-0.15, -0.1) is 0 Å². The molecule has 12 nitrogen and oxygen atoms in total. The topological polar surface area (TPSA) is 125 Å². The van der Waals surface area contributed by atoms with Crippen LogP contribution in [-0.4, -0.2) is 107 Å². The Kier molecular flexibility index (Phi) is 10.6. The third-order valence-corrected chi connectivity index (χ3v) is 10.8. The van der Waals surface area contributed by atoms with Gasteiger partial charge in [0.15, 0.2) is 11.5 Å². The lowest BCUT2D eigenvalue weighted by molar-refractivity contribution is -0.143. The molecule has 4 aromatic rings. The van der Waals surface area contributed by atoms with Gasteiger partial charge in [-0.1, -0.05) is 12.8 Å². The number of piperazine rings is 1. The van der Waals surface area contributed by atoms with Crippen molar-refractivity contribution in [1.82, 2.24) is 34.8 Å². The first-order valence-corrected chi connectivity index (χ1v) is 18.6. The van der Waals surface area contributed by atoms with Gasteiger partial charge in [-0.3, -0.25) is 9.69 Å². The van der Waals surface area contributed by atoms with E-state index in [1.165, 1.54) is 0 Å². The third-order valence-electron chi connectivity index (χ3n) is 10.8. The molecule has 5 heterocycles. The van der Waals surface area contributed by atoms with E-state index in [0.717, 1.165) is 75.7 Å². The van der Waals surface area contributed by atoms with Crippen molar-refractivity contribution in [3.8, 4) is 22.8 Å². The molecular weight excluding hydrogens is 687 g/mol. The minimum Gasteiger partial charge on any atom is -0.466 e. The number of fused-ring (bicyclic) bond motifs is 1. The van der Waals surface area contributed by atoms with Gasteiger partial charge >= 0.3 is 12.1 Å². The lowest BCUT2D eigenvalue weighted by Crippen LogP contribution is -2.52. The highest BCUT2D eigenvalue weighted by Crippen LogP contribution is 2.44. The van der Waals surface area contributed by atoms with Crippen LogP contribution in [0, 0.1) is 5.41 Å². The number of hydrogen-bond acceptors (Lipinski definition) is 11. The van der Waals surface area contributed by atoms with Crippen molar-refractivity contribution in [2.75, 3.05) is 69.9 Å². The molecule has 3 fully saturated rings. The zero-order valence-electron chi connectivity index (χ0n) is 30.9. The number of pyridine rings is 2. The van der Waals surface area contributed by atoms with Gasteiger partial charge in [-0.25, -0.2) is 24.9 Å². The molecule has 1 saturated heterocycles. The summed E-state index contributed by atoms with van der Waals surface area (Å²) in [5.74, 6) is 1.05. The maximum Gasteiger partial charge on any atom is 0.433 e. The molecule has 53 heavy (non-hydrogen) atoms. The largest absolute Gasteiger partial charge is 0.466 e. The normalized spacial score (nSPS) is 19.2. The first-order valence-electron chi connectivity index (χ1n) is 18.6. The molecule has 15 heteroatoms. The van der Waals surface area contributed by atoms with Gasteiger partial charge in [0.2, 0.25) is 0 Å². The maximum absolute atomic E-state index is 14.1. The first-order chi connectivity index (χ1) is 25.4. The summed E-state index contributed by atoms with van der Waals surface area (Å²) < 4.78 is 52.9.